The molecule has 0 aromatic rings. The van der Waals surface area contributed by atoms with Crippen LogP contribution in [0.15, 0.2) is 11.6 Å². The normalized spacial score (nSPS) is 13.5. The van der Waals surface area contributed by atoms with Crippen molar-refractivity contribution in [1.29, 1.82) is 0 Å². The van der Waals surface area contributed by atoms with Crippen molar-refractivity contribution in [1.82, 2.24) is 5.32 Å². The van der Waals surface area contributed by atoms with Gasteiger partial charge in [0.2, 0.25) is 5.84 Å². The van der Waals surface area contributed by atoms with E-state index < -0.39 is 0 Å². The van der Waals surface area contributed by atoms with E-state index in [2.05, 4.69) is 29.8 Å². The Labute approximate surface area is 293 Å². The zero-order valence-corrected chi connectivity index (χ0v) is 31.7. The number of amidine groups is 1. The molecule has 1 aliphatic heterocycles. The average Bonchev–Trinajstić information content (AvgIpc) is 3.52. The smallest absolute Gasteiger partial charge is 0.305 e. The molecule has 0 aromatic carbocycles. The molecule has 0 spiro atoms. The molecule has 1 rings (SSSR count). The van der Waals surface area contributed by atoms with Crippen LogP contribution in [0.5, 0.6) is 0 Å². The molecule has 0 radical (unpaired) electrons. The maximum absolute atomic E-state index is 12.4. The highest BCUT2D eigenvalue weighted by Gasteiger charge is 2.19. The van der Waals surface area contributed by atoms with Crippen molar-refractivity contribution >= 4 is 11.8 Å². The number of nitrogens with one attached hydrogen (secondary N) is 1. The number of allylic oxidation sites excluding steroid dienone is 1. The largest absolute Gasteiger partial charge is 0.465 e. The zero-order chi connectivity index (χ0) is 33.9. The predicted molar refractivity (Wildman–Crippen MR) is 204 cm³/mol. The maximum atomic E-state index is 12.4. The molecular weight excluding hydrogens is 580 g/mol. The number of nitrogens with zero attached hydrogens (tertiary/aromatic N) is 1. The third-order valence-corrected chi connectivity index (χ3v) is 10.0. The lowest BCUT2D eigenvalue weighted by atomic mass is 10.0. The Bertz CT molecular complexity index is 763. The zero-order valence-electron chi connectivity index (χ0n) is 31.7. The summed E-state index contributed by atoms with van der Waals surface area (Å²) in [7, 11) is 0. The van der Waals surface area contributed by atoms with E-state index in [0.717, 1.165) is 51.7 Å². The summed E-state index contributed by atoms with van der Waals surface area (Å²) >= 11 is 0. The van der Waals surface area contributed by atoms with Gasteiger partial charge in [0.15, 0.2) is 0 Å². The first kappa shape index (κ1) is 43.7. The topological polar surface area (TPSA) is 61.6 Å². The maximum Gasteiger partial charge on any atom is 0.305 e. The molecule has 0 saturated heterocycles. The van der Waals surface area contributed by atoms with Gasteiger partial charge in [-0.25, -0.2) is 0 Å². The van der Waals surface area contributed by atoms with Gasteiger partial charge in [0.05, 0.1) is 13.2 Å². The van der Waals surface area contributed by atoms with Crippen LogP contribution in [0.2, 0.25) is 0 Å². The van der Waals surface area contributed by atoms with Gasteiger partial charge in [0.25, 0.3) is 0 Å². The van der Waals surface area contributed by atoms with Gasteiger partial charge < -0.3 is 9.84 Å². The molecule has 0 saturated carbocycles. The fourth-order valence-electron chi connectivity index (χ4n) is 6.94. The molecule has 0 bridgehead atoms. The number of aliphatic hydroxyl groups excluding tert-OH is 1. The average molecular weight is 662 g/mol. The number of β-amino-alcohol motifs (C(OH)–C–C–N with tert-alkyl or cyclic N) is 1. The predicted octanol–water partition coefficient (Wildman–Crippen LogP) is 11.6. The summed E-state index contributed by atoms with van der Waals surface area (Å²) < 4.78 is 7.98. The first-order chi connectivity index (χ1) is 23.2. The molecule has 0 fully saturated rings. The number of hydrogen-bond donors (Lipinski definition) is 2. The van der Waals surface area contributed by atoms with Gasteiger partial charge in [0, 0.05) is 19.3 Å². The van der Waals surface area contributed by atoms with Crippen LogP contribution < -0.4 is 5.32 Å². The highest BCUT2D eigenvalue weighted by Crippen LogP contribution is 2.18. The number of ether oxygens (including phenoxy) is 1. The first-order valence-electron chi connectivity index (χ1n) is 21.0. The van der Waals surface area contributed by atoms with Crippen LogP contribution in [0.3, 0.4) is 0 Å². The van der Waals surface area contributed by atoms with E-state index in [1.165, 1.54) is 172 Å². The Kier molecular flexibility index (Phi) is 32.1. The lowest BCUT2D eigenvalue weighted by Crippen LogP contribution is -2.24. The number of esters is 1. The van der Waals surface area contributed by atoms with E-state index in [9.17, 15) is 9.90 Å². The van der Waals surface area contributed by atoms with Gasteiger partial charge in [0.1, 0.15) is 19.6 Å². The highest BCUT2D eigenvalue weighted by atomic mass is 16.5. The van der Waals surface area contributed by atoms with Gasteiger partial charge in [-0.05, 0) is 38.5 Å². The molecule has 1 aliphatic rings. The molecule has 276 valence electrons. The van der Waals surface area contributed by atoms with E-state index in [0.29, 0.717) is 13.0 Å². The van der Waals surface area contributed by atoms with Crippen LogP contribution >= 0.6 is 0 Å². The van der Waals surface area contributed by atoms with Crippen molar-refractivity contribution in [3.05, 3.63) is 11.6 Å². The third-order valence-electron chi connectivity index (χ3n) is 10.0. The molecule has 0 unspecified atom stereocenters. The Morgan fingerprint density at radius 3 is 1.70 bits per heavy atom. The molecule has 5 heteroatoms. The fourth-order valence-corrected chi connectivity index (χ4v) is 6.94. The lowest BCUT2D eigenvalue weighted by Gasteiger charge is -2.10. The number of carbonyl (C=O) groups excluding carboxylic acids is 1. The molecule has 1 heterocycles. The van der Waals surface area contributed by atoms with Crippen LogP contribution in [-0.2, 0) is 9.53 Å². The second-order valence-electron chi connectivity index (χ2n) is 14.4. The number of rotatable bonds is 36. The van der Waals surface area contributed by atoms with Crippen molar-refractivity contribution in [3.8, 4) is 0 Å². The minimum absolute atomic E-state index is 0.00376. The number of carbonyl (C=O) groups is 1. The summed E-state index contributed by atoms with van der Waals surface area (Å²) in [5.74, 6) is 1.33. The summed E-state index contributed by atoms with van der Waals surface area (Å²) in [5, 5.41) is 12.7. The molecular formula is C42H81N2O3+. The second kappa shape index (κ2) is 34.5. The summed E-state index contributed by atoms with van der Waals surface area (Å²) in [6.07, 6.45) is 41.9. The van der Waals surface area contributed by atoms with Crippen molar-refractivity contribution in [2.75, 3.05) is 32.8 Å². The van der Waals surface area contributed by atoms with Crippen molar-refractivity contribution < 1.29 is 19.2 Å². The third kappa shape index (κ3) is 28.2. The Hall–Kier alpha value is -1.36. The first-order valence-corrected chi connectivity index (χ1v) is 21.0. The van der Waals surface area contributed by atoms with Crippen LogP contribution in [0.1, 0.15) is 213 Å². The van der Waals surface area contributed by atoms with E-state index in [1.807, 2.05) is 0 Å². The van der Waals surface area contributed by atoms with E-state index in [4.69, 9.17) is 4.74 Å². The Morgan fingerprint density at radius 1 is 0.660 bits per heavy atom. The van der Waals surface area contributed by atoms with Crippen LogP contribution in [0, 0.1) is 0 Å². The van der Waals surface area contributed by atoms with Crippen molar-refractivity contribution in [3.63, 3.8) is 0 Å². The molecule has 2 N–H and O–H groups in total. The molecule has 0 amide bonds. The Balaban J connectivity index is 2.11. The minimum atomic E-state index is 0.00376. The summed E-state index contributed by atoms with van der Waals surface area (Å²) in [4.78, 5) is 12.4. The van der Waals surface area contributed by atoms with Crippen LogP contribution in [0.4, 0.5) is 0 Å². The summed E-state index contributed by atoms with van der Waals surface area (Å²) in [6, 6.07) is 0. The van der Waals surface area contributed by atoms with Crippen LogP contribution in [-0.4, -0.2) is 54.3 Å². The molecule has 0 aromatic heterocycles. The number of aliphatic hydroxyl groups is 1. The monoisotopic (exact) mass is 662 g/mol. The van der Waals surface area contributed by atoms with E-state index in [-0.39, 0.29) is 12.6 Å². The van der Waals surface area contributed by atoms with Crippen LogP contribution in [0.25, 0.3) is 0 Å². The van der Waals surface area contributed by atoms with E-state index >= 15 is 0 Å². The number of unbranched alkanes of at least 4 members (excludes halogenated alkanes) is 24. The lowest BCUT2D eigenvalue weighted by molar-refractivity contribution is -0.521. The standard InChI is InChI=1S/C42H80N2O3/c1-3-5-7-9-11-12-13-14-15-16-17-18-19-25-29-33-42(46)47-39-34-40(30-26-22-10-8-6-4-2)31-27-23-20-21-24-28-32-41-43-35-36-44(41)37-38-45/h31,45H,3-30,32-39H2,1-2H3/p+1/b40-31-. The van der Waals surface area contributed by atoms with Gasteiger partial charge in [-0.15, -0.1) is 0 Å². The van der Waals surface area contributed by atoms with Crippen molar-refractivity contribution in [2.24, 2.45) is 0 Å². The highest BCUT2D eigenvalue weighted by molar-refractivity contribution is 5.78. The van der Waals surface area contributed by atoms with Gasteiger partial charge in [-0.2, -0.15) is 0 Å². The SMILES string of the molecule is CCCCCCCCCCCCCCCCCC(=O)OCC/C(=C\CCCCCCCC1=[N+](CCO)CCN1)CCCCCCCC. The van der Waals surface area contributed by atoms with Gasteiger partial charge >= 0.3 is 5.97 Å². The fraction of sp³-hybridized carbons (Fsp3) is 0.905. The van der Waals surface area contributed by atoms with E-state index in [1.54, 1.807) is 0 Å². The Morgan fingerprint density at radius 2 is 1.15 bits per heavy atom. The summed E-state index contributed by atoms with van der Waals surface area (Å²) in [5.41, 5.74) is 1.51. The minimum Gasteiger partial charge on any atom is -0.465 e. The molecule has 5 nitrogen and oxygen atoms in total. The summed E-state index contributed by atoms with van der Waals surface area (Å²) in [6.45, 7) is 8.16. The second-order valence-corrected chi connectivity index (χ2v) is 14.4. The number of hydrogen-bond acceptors (Lipinski definition) is 4. The van der Waals surface area contributed by atoms with Gasteiger partial charge in [-0.3, -0.25) is 14.7 Å². The van der Waals surface area contributed by atoms with Gasteiger partial charge in [-0.1, -0.05) is 167 Å². The molecule has 47 heavy (non-hydrogen) atoms. The molecule has 0 atom stereocenters. The molecule has 0 aliphatic carbocycles. The quantitative estimate of drug-likeness (QED) is 0.0304. The van der Waals surface area contributed by atoms with Crippen molar-refractivity contribution in [2.45, 2.75) is 213 Å².